The summed E-state index contributed by atoms with van der Waals surface area (Å²) in [6.45, 7) is 3.45. The van der Waals surface area contributed by atoms with Gasteiger partial charge in [-0.25, -0.2) is 9.97 Å². The number of aromatic nitrogens is 3. The highest BCUT2D eigenvalue weighted by molar-refractivity contribution is 7.96. The van der Waals surface area contributed by atoms with E-state index in [0.717, 1.165) is 61.2 Å². The molecule has 5 rings (SSSR count). The Morgan fingerprint density at radius 2 is 2.09 bits per heavy atom. The maximum atomic E-state index is 11.2. The molecule has 0 bridgehead atoms. The van der Waals surface area contributed by atoms with Crippen molar-refractivity contribution in [3.05, 3.63) is 42.4 Å². The Hall–Kier alpha value is -2.62. The topological polar surface area (TPSA) is 115 Å². The number of primary amides is 1. The van der Waals surface area contributed by atoms with Gasteiger partial charge in [0.15, 0.2) is 0 Å². The van der Waals surface area contributed by atoms with Gasteiger partial charge in [-0.1, -0.05) is 30.1 Å². The molecule has 1 amide bonds. The van der Waals surface area contributed by atoms with Crippen LogP contribution in [0.15, 0.2) is 36.8 Å². The molecule has 8 nitrogen and oxygen atoms in total. The fourth-order valence-corrected chi connectivity index (χ4v) is 5.26. The van der Waals surface area contributed by atoms with Gasteiger partial charge in [0.25, 0.3) is 0 Å². The number of nitrogen functional groups attached to an aromatic ring is 1. The first-order valence-corrected chi connectivity index (χ1v) is 12.2. The van der Waals surface area contributed by atoms with Crippen LogP contribution in [0.1, 0.15) is 24.4 Å². The number of nitrogens with one attached hydrogen (secondary N) is 1. The van der Waals surface area contributed by atoms with E-state index in [1.54, 1.807) is 18.3 Å². The summed E-state index contributed by atoms with van der Waals surface area (Å²) < 4.78 is 5.59. The highest BCUT2D eigenvalue weighted by Crippen LogP contribution is 2.43. The number of nitrogens with zero attached hydrogens (tertiary/aromatic N) is 4. The Morgan fingerprint density at radius 1 is 1.28 bits per heavy atom. The van der Waals surface area contributed by atoms with Gasteiger partial charge in [0.2, 0.25) is 5.91 Å². The molecular weight excluding hydrogens is 422 g/mol. The van der Waals surface area contributed by atoms with Crippen LogP contribution in [-0.2, 0) is 11.3 Å². The van der Waals surface area contributed by atoms with Crippen molar-refractivity contribution in [2.45, 2.75) is 25.4 Å². The summed E-state index contributed by atoms with van der Waals surface area (Å²) in [5.41, 5.74) is 16.0. The van der Waals surface area contributed by atoms with Gasteiger partial charge in [-0.2, -0.15) is 0 Å². The lowest BCUT2D eigenvalue weighted by molar-refractivity contribution is -0.127. The number of hydrogen-bond acceptors (Lipinski definition) is 7. The fraction of sp³-hybridized carbons (Fsp3) is 0.435. The molecule has 9 heteroatoms. The monoisotopic (exact) mass is 451 g/mol. The molecule has 0 unspecified atom stereocenters. The number of likely N-dealkylation sites (tertiary alicyclic amines) is 1. The second-order valence-corrected chi connectivity index (χ2v) is 9.64. The molecule has 0 atom stereocenters. The van der Waals surface area contributed by atoms with Crippen molar-refractivity contribution in [3.63, 3.8) is 0 Å². The van der Waals surface area contributed by atoms with Crippen LogP contribution in [-0.4, -0.2) is 51.2 Å². The Morgan fingerprint density at radius 3 is 2.84 bits per heavy atom. The van der Waals surface area contributed by atoms with Gasteiger partial charge in [-0.15, -0.1) is 0 Å². The quantitative estimate of drug-likeness (QED) is 0.451. The molecule has 2 fully saturated rings. The van der Waals surface area contributed by atoms with Gasteiger partial charge in [-0.3, -0.25) is 9.52 Å². The SMILES string of the molecule is CSNCc1cccc(-c2cn(C3CC(CN4CC(C(N)=O)C4)C3)c3ncnc(N)c23)c1. The summed E-state index contributed by atoms with van der Waals surface area (Å²) in [4.78, 5) is 22.4. The summed E-state index contributed by atoms with van der Waals surface area (Å²) >= 11 is 1.61. The number of rotatable bonds is 8. The molecule has 32 heavy (non-hydrogen) atoms. The fourth-order valence-electron chi connectivity index (χ4n) is 4.95. The first-order valence-electron chi connectivity index (χ1n) is 11.0. The van der Waals surface area contributed by atoms with Crippen molar-refractivity contribution in [2.24, 2.45) is 17.6 Å². The van der Waals surface area contributed by atoms with Crippen molar-refractivity contribution < 1.29 is 4.79 Å². The zero-order valence-corrected chi connectivity index (χ0v) is 19.0. The molecule has 5 N–H and O–H groups in total. The van der Waals surface area contributed by atoms with Crippen LogP contribution in [0.4, 0.5) is 5.82 Å². The Labute approximate surface area is 191 Å². The molecule has 168 valence electrons. The summed E-state index contributed by atoms with van der Waals surface area (Å²) in [6, 6.07) is 8.94. The molecule has 3 aromatic rings. The van der Waals surface area contributed by atoms with E-state index in [2.05, 4.69) is 54.6 Å². The van der Waals surface area contributed by atoms with Gasteiger partial charge < -0.3 is 20.9 Å². The Kier molecular flexibility index (Phi) is 5.79. The summed E-state index contributed by atoms with van der Waals surface area (Å²) in [7, 11) is 0. The molecule has 1 aliphatic heterocycles. The van der Waals surface area contributed by atoms with Crippen molar-refractivity contribution in [1.29, 1.82) is 0 Å². The largest absolute Gasteiger partial charge is 0.383 e. The maximum Gasteiger partial charge on any atom is 0.223 e. The van der Waals surface area contributed by atoms with E-state index < -0.39 is 0 Å². The highest BCUT2D eigenvalue weighted by Gasteiger charge is 2.37. The van der Waals surface area contributed by atoms with E-state index in [4.69, 9.17) is 11.5 Å². The third-order valence-corrected chi connectivity index (χ3v) is 7.21. The number of hydrogen-bond donors (Lipinski definition) is 3. The van der Waals surface area contributed by atoms with Crippen LogP contribution >= 0.6 is 11.9 Å². The second kappa shape index (κ2) is 8.73. The molecule has 1 saturated heterocycles. The first kappa shape index (κ1) is 21.2. The normalized spacial score (nSPS) is 21.4. The minimum Gasteiger partial charge on any atom is -0.383 e. The lowest BCUT2D eigenvalue weighted by atomic mass is 9.79. The van der Waals surface area contributed by atoms with Crippen molar-refractivity contribution in [2.75, 3.05) is 31.6 Å². The van der Waals surface area contributed by atoms with E-state index in [0.29, 0.717) is 17.8 Å². The lowest BCUT2D eigenvalue weighted by Crippen LogP contribution is -2.54. The number of carbonyl (C=O) groups excluding carboxylic acids is 1. The molecule has 1 aromatic carbocycles. The predicted octanol–water partition coefficient (Wildman–Crippen LogP) is 2.42. The summed E-state index contributed by atoms with van der Waals surface area (Å²) in [6.07, 6.45) is 7.98. The molecule has 2 aromatic heterocycles. The number of anilines is 1. The van der Waals surface area contributed by atoms with Gasteiger partial charge in [0.1, 0.15) is 17.8 Å². The van der Waals surface area contributed by atoms with E-state index in [-0.39, 0.29) is 11.8 Å². The molecular formula is C23H29N7OS. The maximum absolute atomic E-state index is 11.2. The van der Waals surface area contributed by atoms with Gasteiger partial charge >= 0.3 is 0 Å². The molecule has 1 saturated carbocycles. The number of fused-ring (bicyclic) bond motifs is 1. The third-order valence-electron chi connectivity index (χ3n) is 6.78. The minimum absolute atomic E-state index is 0.0309. The minimum atomic E-state index is -0.176. The van der Waals surface area contributed by atoms with Crippen LogP contribution in [0.5, 0.6) is 0 Å². The standard InChI is InChI=1S/C23H29N7OS/c1-32-28-8-14-3-2-4-16(5-14)19-12-30(23-20(19)21(24)26-13-27-23)18-6-15(7-18)9-29-10-17(11-29)22(25)31/h2-5,12-13,15,17-18,28H,6-11H2,1H3,(H2,25,31)(H2,24,26,27). The van der Waals surface area contributed by atoms with Crippen molar-refractivity contribution >= 4 is 34.7 Å². The average molecular weight is 452 g/mol. The average Bonchev–Trinajstić information content (AvgIpc) is 3.10. The van der Waals surface area contributed by atoms with Crippen LogP contribution < -0.4 is 16.2 Å². The molecule has 1 aliphatic carbocycles. The van der Waals surface area contributed by atoms with E-state index >= 15 is 0 Å². The van der Waals surface area contributed by atoms with Gasteiger partial charge in [0, 0.05) is 44.0 Å². The Balaban J connectivity index is 1.36. The molecule has 3 heterocycles. The van der Waals surface area contributed by atoms with Gasteiger partial charge in [-0.05, 0) is 42.2 Å². The van der Waals surface area contributed by atoms with Crippen LogP contribution in [0.25, 0.3) is 22.2 Å². The van der Waals surface area contributed by atoms with Crippen molar-refractivity contribution in [1.82, 2.24) is 24.2 Å². The van der Waals surface area contributed by atoms with Crippen molar-refractivity contribution in [3.8, 4) is 11.1 Å². The smallest absolute Gasteiger partial charge is 0.223 e. The van der Waals surface area contributed by atoms with Crippen LogP contribution in [0.3, 0.4) is 0 Å². The van der Waals surface area contributed by atoms with Crippen LogP contribution in [0, 0.1) is 11.8 Å². The Bertz CT molecular complexity index is 1130. The highest BCUT2D eigenvalue weighted by atomic mass is 32.2. The predicted molar refractivity (Wildman–Crippen MR) is 129 cm³/mol. The molecule has 0 radical (unpaired) electrons. The zero-order chi connectivity index (χ0) is 22.2. The zero-order valence-electron chi connectivity index (χ0n) is 18.2. The number of nitrogens with two attached hydrogens (primary N) is 2. The lowest BCUT2D eigenvalue weighted by Gasteiger charge is -2.44. The molecule has 2 aliphatic rings. The number of carbonyl (C=O) groups is 1. The molecule has 0 spiro atoms. The van der Waals surface area contributed by atoms with E-state index in [9.17, 15) is 4.79 Å². The number of benzene rings is 1. The third kappa shape index (κ3) is 3.96. The summed E-state index contributed by atoms with van der Waals surface area (Å²) in [5.74, 6) is 1.01. The van der Waals surface area contributed by atoms with E-state index in [1.165, 1.54) is 5.56 Å². The second-order valence-electron chi connectivity index (χ2n) is 8.94. The first-order chi connectivity index (χ1) is 15.5. The van der Waals surface area contributed by atoms with Gasteiger partial charge in [0.05, 0.1) is 11.3 Å². The van der Waals surface area contributed by atoms with Crippen LogP contribution in [0.2, 0.25) is 0 Å². The summed E-state index contributed by atoms with van der Waals surface area (Å²) in [5, 5.41) is 0.929. The van der Waals surface area contributed by atoms with E-state index in [1.807, 2.05) is 6.26 Å². The number of amides is 1.